The fourth-order valence-corrected chi connectivity index (χ4v) is 4.40. The van der Waals surface area contributed by atoms with E-state index < -0.39 is 0 Å². The molecule has 0 heterocycles. The Morgan fingerprint density at radius 3 is 2.67 bits per heavy atom. The van der Waals surface area contributed by atoms with Crippen LogP contribution in [0.2, 0.25) is 0 Å². The lowest BCUT2D eigenvalue weighted by Gasteiger charge is -2.39. The molecule has 0 saturated heterocycles. The maximum Gasteiger partial charge on any atom is 0.255 e. The molecule has 2 bridgehead atoms. The van der Waals surface area contributed by atoms with Crippen molar-refractivity contribution < 1.29 is 9.90 Å². The number of para-hydroxylation sites is 1. The maximum absolute atomic E-state index is 12.5. The van der Waals surface area contributed by atoms with Gasteiger partial charge in [0.1, 0.15) is 0 Å². The first-order chi connectivity index (χ1) is 9.77. The molecule has 2 fully saturated rings. The molecule has 21 heavy (non-hydrogen) atoms. The Morgan fingerprint density at radius 2 is 2.10 bits per heavy atom. The van der Waals surface area contributed by atoms with Crippen LogP contribution in [0, 0.1) is 16.7 Å². The molecule has 0 aliphatic heterocycles. The number of anilines is 1. The van der Waals surface area contributed by atoms with E-state index in [2.05, 4.69) is 26.1 Å². The zero-order valence-corrected chi connectivity index (χ0v) is 12.9. The normalized spacial score (nSPS) is 33.1. The van der Waals surface area contributed by atoms with E-state index >= 15 is 0 Å². The first-order valence-corrected chi connectivity index (χ1v) is 7.65. The van der Waals surface area contributed by atoms with Gasteiger partial charge in [-0.25, -0.2) is 0 Å². The Kier molecular flexibility index (Phi) is 2.98. The van der Waals surface area contributed by atoms with E-state index in [1.165, 1.54) is 6.42 Å². The summed E-state index contributed by atoms with van der Waals surface area (Å²) in [7, 11) is 0. The van der Waals surface area contributed by atoms with E-state index in [9.17, 15) is 9.90 Å². The topological polar surface area (TPSA) is 75.4 Å². The first kappa shape index (κ1) is 14.2. The van der Waals surface area contributed by atoms with Crippen LogP contribution in [0.3, 0.4) is 0 Å². The van der Waals surface area contributed by atoms with Gasteiger partial charge in [-0.3, -0.25) is 4.79 Å². The smallest absolute Gasteiger partial charge is 0.255 e. The molecular weight excluding hydrogens is 264 g/mol. The van der Waals surface area contributed by atoms with Gasteiger partial charge in [-0.15, -0.1) is 0 Å². The maximum atomic E-state index is 12.5. The second-order valence-electron chi connectivity index (χ2n) is 7.38. The molecule has 4 nitrogen and oxygen atoms in total. The Hall–Kier alpha value is -1.71. The molecule has 0 radical (unpaired) electrons. The lowest BCUT2D eigenvalue weighted by atomic mass is 9.69. The number of nitrogen functional groups attached to an aromatic ring is 1. The molecule has 114 valence electrons. The van der Waals surface area contributed by atoms with Gasteiger partial charge in [0.15, 0.2) is 5.75 Å². The van der Waals surface area contributed by atoms with Gasteiger partial charge in [0.05, 0.1) is 11.3 Å². The molecule has 4 heteroatoms. The minimum Gasteiger partial charge on any atom is -0.505 e. The van der Waals surface area contributed by atoms with Crippen LogP contribution in [0.5, 0.6) is 5.75 Å². The molecule has 3 unspecified atom stereocenters. The Morgan fingerprint density at radius 1 is 1.38 bits per heavy atom. The average molecular weight is 288 g/mol. The van der Waals surface area contributed by atoms with Crippen molar-refractivity contribution in [1.82, 2.24) is 5.32 Å². The van der Waals surface area contributed by atoms with Crippen molar-refractivity contribution >= 4 is 11.6 Å². The van der Waals surface area contributed by atoms with Crippen LogP contribution in [0.15, 0.2) is 18.2 Å². The highest BCUT2D eigenvalue weighted by Crippen LogP contribution is 2.65. The molecule has 0 spiro atoms. The summed E-state index contributed by atoms with van der Waals surface area (Å²) in [5.74, 6) is 0.319. The zero-order valence-electron chi connectivity index (χ0n) is 12.9. The summed E-state index contributed by atoms with van der Waals surface area (Å²) in [6.45, 7) is 6.91. The molecule has 2 aliphatic rings. The number of phenolic OH excluding ortho intramolecular Hbond substituents is 1. The largest absolute Gasteiger partial charge is 0.505 e. The predicted molar refractivity (Wildman–Crippen MR) is 83.0 cm³/mol. The summed E-state index contributed by atoms with van der Waals surface area (Å²) in [5.41, 5.74) is 6.55. The van der Waals surface area contributed by atoms with E-state index in [4.69, 9.17) is 5.73 Å². The number of amides is 1. The predicted octanol–water partition coefficient (Wildman–Crippen LogP) is 2.92. The number of benzene rings is 1. The SMILES string of the molecule is CC1(C)C2CCC1(C)C(NC(=O)c1cccc(N)c1O)C2. The van der Waals surface area contributed by atoms with Gasteiger partial charge in [0.25, 0.3) is 5.91 Å². The van der Waals surface area contributed by atoms with Crippen molar-refractivity contribution in [3.63, 3.8) is 0 Å². The average Bonchev–Trinajstić information content (AvgIpc) is 2.75. The lowest BCUT2D eigenvalue weighted by Crippen LogP contribution is -2.46. The highest BCUT2D eigenvalue weighted by Gasteiger charge is 2.61. The molecule has 4 N–H and O–H groups in total. The third kappa shape index (κ3) is 1.84. The molecule has 2 aliphatic carbocycles. The van der Waals surface area contributed by atoms with E-state index in [-0.39, 0.29) is 39.8 Å². The number of phenols is 1. The third-order valence-corrected chi connectivity index (χ3v) is 6.41. The Balaban J connectivity index is 1.82. The second-order valence-corrected chi connectivity index (χ2v) is 7.38. The van der Waals surface area contributed by atoms with Crippen LogP contribution in [0.25, 0.3) is 0 Å². The number of nitrogens with one attached hydrogen (secondary N) is 1. The van der Waals surface area contributed by atoms with Crippen molar-refractivity contribution in [2.75, 3.05) is 5.73 Å². The van der Waals surface area contributed by atoms with E-state index in [0.717, 1.165) is 12.8 Å². The van der Waals surface area contributed by atoms with Crippen LogP contribution in [-0.2, 0) is 0 Å². The Bertz CT molecular complexity index is 596. The van der Waals surface area contributed by atoms with Gasteiger partial charge in [-0.05, 0) is 48.1 Å². The number of aromatic hydroxyl groups is 1. The van der Waals surface area contributed by atoms with E-state index in [1.807, 2.05) is 0 Å². The molecule has 1 amide bonds. The number of fused-ring (bicyclic) bond motifs is 2. The second kappa shape index (κ2) is 4.39. The fraction of sp³-hybridized carbons (Fsp3) is 0.588. The van der Waals surface area contributed by atoms with Crippen molar-refractivity contribution in [3.8, 4) is 5.75 Å². The fourth-order valence-electron chi connectivity index (χ4n) is 4.40. The highest BCUT2D eigenvalue weighted by molar-refractivity contribution is 5.98. The summed E-state index contributed by atoms with van der Waals surface area (Å²) in [6, 6.07) is 5.06. The van der Waals surface area contributed by atoms with Crippen molar-refractivity contribution in [2.45, 2.75) is 46.1 Å². The highest BCUT2D eigenvalue weighted by atomic mass is 16.3. The minimum atomic E-state index is -0.227. The molecule has 2 saturated carbocycles. The number of hydrogen-bond donors (Lipinski definition) is 3. The molecule has 3 atom stereocenters. The Labute approximate surface area is 125 Å². The lowest BCUT2D eigenvalue weighted by molar-refractivity contribution is 0.0824. The van der Waals surface area contributed by atoms with Crippen molar-refractivity contribution in [1.29, 1.82) is 0 Å². The standard InChI is InChI=1S/C17H24N2O2/c1-16(2)10-7-8-17(16,3)13(9-10)19-15(21)11-5-4-6-12(18)14(11)20/h4-6,10,13,20H,7-9,18H2,1-3H3,(H,19,21). The third-order valence-electron chi connectivity index (χ3n) is 6.41. The number of carbonyl (C=O) groups is 1. The van der Waals surface area contributed by atoms with Crippen LogP contribution < -0.4 is 11.1 Å². The van der Waals surface area contributed by atoms with Gasteiger partial charge >= 0.3 is 0 Å². The minimum absolute atomic E-state index is 0.123. The van der Waals surface area contributed by atoms with Gasteiger partial charge in [-0.2, -0.15) is 0 Å². The van der Waals surface area contributed by atoms with Gasteiger partial charge < -0.3 is 16.2 Å². The van der Waals surface area contributed by atoms with E-state index in [0.29, 0.717) is 5.92 Å². The number of rotatable bonds is 2. The van der Waals surface area contributed by atoms with Gasteiger partial charge in [-0.1, -0.05) is 26.8 Å². The van der Waals surface area contributed by atoms with Gasteiger partial charge in [0.2, 0.25) is 0 Å². The molecular formula is C17H24N2O2. The number of hydrogen-bond acceptors (Lipinski definition) is 3. The van der Waals surface area contributed by atoms with Crippen LogP contribution in [-0.4, -0.2) is 17.1 Å². The summed E-state index contributed by atoms with van der Waals surface area (Å²) in [4.78, 5) is 12.5. The number of nitrogens with two attached hydrogens (primary N) is 1. The van der Waals surface area contributed by atoms with Crippen LogP contribution >= 0.6 is 0 Å². The summed E-state index contributed by atoms with van der Waals surface area (Å²) in [5, 5.41) is 13.1. The van der Waals surface area contributed by atoms with Crippen molar-refractivity contribution in [3.05, 3.63) is 23.8 Å². The summed E-state index contributed by atoms with van der Waals surface area (Å²) >= 11 is 0. The summed E-state index contributed by atoms with van der Waals surface area (Å²) in [6.07, 6.45) is 3.43. The monoisotopic (exact) mass is 288 g/mol. The quantitative estimate of drug-likeness (QED) is 0.578. The summed E-state index contributed by atoms with van der Waals surface area (Å²) < 4.78 is 0. The molecule has 1 aromatic rings. The molecule has 1 aromatic carbocycles. The van der Waals surface area contributed by atoms with Gasteiger partial charge in [0, 0.05) is 6.04 Å². The van der Waals surface area contributed by atoms with Crippen LogP contribution in [0.1, 0.15) is 50.4 Å². The van der Waals surface area contributed by atoms with E-state index in [1.54, 1.807) is 18.2 Å². The molecule has 3 rings (SSSR count). The van der Waals surface area contributed by atoms with Crippen molar-refractivity contribution in [2.24, 2.45) is 16.7 Å². The molecule has 0 aromatic heterocycles. The number of carbonyl (C=O) groups excluding carboxylic acids is 1. The first-order valence-electron chi connectivity index (χ1n) is 7.65. The van der Waals surface area contributed by atoms with Crippen LogP contribution in [0.4, 0.5) is 5.69 Å². The zero-order chi connectivity index (χ0) is 15.4.